The van der Waals surface area contributed by atoms with Crippen molar-refractivity contribution in [3.05, 3.63) is 28.4 Å². The topological polar surface area (TPSA) is 86.9 Å². The van der Waals surface area contributed by atoms with Gasteiger partial charge >= 0.3 is 0 Å². The van der Waals surface area contributed by atoms with Crippen LogP contribution in [0, 0.1) is 13.8 Å². The number of hydrogen-bond acceptors (Lipinski definition) is 5. The number of aryl methyl sites for hydroxylation is 2. The summed E-state index contributed by atoms with van der Waals surface area (Å²) in [6.07, 6.45) is 0. The Balaban J connectivity index is 2.17. The molecule has 0 aliphatic heterocycles. The van der Waals surface area contributed by atoms with Crippen LogP contribution in [0.5, 0.6) is 0 Å². The molecule has 2 rings (SSSR count). The average molecular weight is 328 g/mol. The summed E-state index contributed by atoms with van der Waals surface area (Å²) in [5, 5.41) is 10.0. The number of thiophene rings is 1. The first-order chi connectivity index (χ1) is 9.79. The van der Waals surface area contributed by atoms with Crippen LogP contribution in [0.2, 0.25) is 0 Å². The number of H-pyrrole nitrogens is 1. The number of nitrogens with one attached hydrogen (secondary N) is 3. The van der Waals surface area contributed by atoms with E-state index in [0.29, 0.717) is 33.9 Å². The van der Waals surface area contributed by atoms with E-state index in [-0.39, 0.29) is 0 Å². The molecule has 0 spiro atoms. The molecule has 0 amide bonds. The fourth-order valence-corrected chi connectivity index (χ4v) is 4.28. The zero-order chi connectivity index (χ0) is 15.6. The fraction of sp³-hybridized carbons (Fsp3) is 0.462. The lowest BCUT2D eigenvalue weighted by Gasteiger charge is -2.06. The van der Waals surface area contributed by atoms with Gasteiger partial charge in [-0.2, -0.15) is 5.10 Å². The first kappa shape index (κ1) is 16.0. The molecule has 0 aromatic carbocycles. The highest BCUT2D eigenvalue weighted by molar-refractivity contribution is 7.94. The van der Waals surface area contributed by atoms with Crippen molar-refractivity contribution in [2.45, 2.75) is 44.5 Å². The third kappa shape index (κ3) is 3.84. The molecule has 8 heteroatoms. The molecule has 2 aromatic rings. The number of nitrogens with zero attached hydrogens (tertiary/aromatic N) is 1. The molecule has 2 heterocycles. The van der Waals surface area contributed by atoms with Crippen LogP contribution < -0.4 is 10.0 Å². The van der Waals surface area contributed by atoms with Crippen molar-refractivity contribution in [2.75, 3.05) is 4.72 Å². The number of anilines is 1. The Hall–Kier alpha value is -1.38. The van der Waals surface area contributed by atoms with E-state index in [1.54, 1.807) is 19.9 Å². The van der Waals surface area contributed by atoms with Crippen molar-refractivity contribution < 1.29 is 8.42 Å². The molecule has 3 N–H and O–H groups in total. The van der Waals surface area contributed by atoms with Crippen LogP contribution in [0.3, 0.4) is 0 Å². The summed E-state index contributed by atoms with van der Waals surface area (Å²) in [7, 11) is -3.57. The van der Waals surface area contributed by atoms with Gasteiger partial charge in [0.2, 0.25) is 0 Å². The van der Waals surface area contributed by atoms with Gasteiger partial charge in [0.1, 0.15) is 4.21 Å². The smallest absolute Gasteiger partial charge is 0.271 e. The van der Waals surface area contributed by atoms with Crippen molar-refractivity contribution in [3.63, 3.8) is 0 Å². The predicted molar refractivity (Wildman–Crippen MR) is 85.2 cm³/mol. The second-order valence-corrected chi connectivity index (χ2v) is 8.25. The highest BCUT2D eigenvalue weighted by Gasteiger charge is 2.20. The summed E-state index contributed by atoms with van der Waals surface area (Å²) < 4.78 is 27.7. The number of sulfonamides is 1. The maximum absolute atomic E-state index is 12.4. The molecule has 0 bridgehead atoms. The molecule has 0 atom stereocenters. The molecular weight excluding hydrogens is 308 g/mol. The fourth-order valence-electron chi connectivity index (χ4n) is 1.79. The standard InChI is InChI=1S/C13H20N4O2S2/c1-8(2)14-7-11-5-6-12(20-11)21(18,19)17-13-9(3)15-16-10(13)4/h5-6,8,14,17H,7H2,1-4H3,(H,15,16). The van der Waals surface area contributed by atoms with E-state index < -0.39 is 10.0 Å². The molecule has 0 aliphatic carbocycles. The minimum absolute atomic E-state index is 0.308. The van der Waals surface area contributed by atoms with Crippen LogP contribution in [0.4, 0.5) is 5.69 Å². The Morgan fingerprint density at radius 3 is 2.62 bits per heavy atom. The van der Waals surface area contributed by atoms with Gasteiger partial charge in [-0.1, -0.05) is 13.8 Å². The summed E-state index contributed by atoms with van der Waals surface area (Å²) in [6, 6.07) is 3.83. The van der Waals surface area contributed by atoms with Crippen molar-refractivity contribution in [1.29, 1.82) is 0 Å². The quantitative estimate of drug-likeness (QED) is 0.760. The van der Waals surface area contributed by atoms with Crippen molar-refractivity contribution in [2.24, 2.45) is 0 Å². The molecule has 0 saturated carbocycles. The van der Waals surface area contributed by atoms with Crippen molar-refractivity contribution >= 4 is 27.0 Å². The van der Waals surface area contributed by atoms with Gasteiger partial charge in [-0.25, -0.2) is 8.42 Å². The van der Waals surface area contributed by atoms with Crippen LogP contribution in [-0.4, -0.2) is 24.7 Å². The van der Waals surface area contributed by atoms with Gasteiger partial charge in [0, 0.05) is 17.5 Å². The Morgan fingerprint density at radius 1 is 1.33 bits per heavy atom. The predicted octanol–water partition coefficient (Wildman–Crippen LogP) is 2.39. The highest BCUT2D eigenvalue weighted by atomic mass is 32.2. The Kier molecular flexibility index (Phi) is 4.70. The molecular formula is C13H20N4O2S2. The normalized spacial score (nSPS) is 12.0. The van der Waals surface area contributed by atoms with E-state index in [4.69, 9.17) is 0 Å². The number of aromatic nitrogens is 2. The largest absolute Gasteiger partial charge is 0.310 e. The number of hydrogen-bond donors (Lipinski definition) is 3. The van der Waals surface area contributed by atoms with Crippen LogP contribution in [-0.2, 0) is 16.6 Å². The molecule has 0 saturated heterocycles. The number of rotatable bonds is 6. The van der Waals surface area contributed by atoms with Gasteiger partial charge in [0.25, 0.3) is 10.0 Å². The van der Waals surface area contributed by atoms with Gasteiger partial charge in [-0.05, 0) is 26.0 Å². The second kappa shape index (κ2) is 6.17. The van der Waals surface area contributed by atoms with Crippen molar-refractivity contribution in [1.82, 2.24) is 15.5 Å². The van der Waals surface area contributed by atoms with E-state index in [2.05, 4.69) is 34.1 Å². The van der Waals surface area contributed by atoms with Gasteiger partial charge in [0.05, 0.1) is 17.1 Å². The molecule has 6 nitrogen and oxygen atoms in total. The monoisotopic (exact) mass is 328 g/mol. The third-order valence-electron chi connectivity index (χ3n) is 2.95. The lowest BCUT2D eigenvalue weighted by molar-refractivity contribution is 0.593. The van der Waals surface area contributed by atoms with E-state index >= 15 is 0 Å². The van der Waals surface area contributed by atoms with Gasteiger partial charge in [0.15, 0.2) is 0 Å². The van der Waals surface area contributed by atoms with Gasteiger partial charge in [-0.15, -0.1) is 11.3 Å². The Bertz CT molecular complexity index is 697. The lowest BCUT2D eigenvalue weighted by atomic mass is 10.3. The molecule has 116 valence electrons. The van der Waals surface area contributed by atoms with Crippen molar-refractivity contribution in [3.8, 4) is 0 Å². The van der Waals surface area contributed by atoms with Gasteiger partial charge < -0.3 is 5.32 Å². The third-order valence-corrected chi connectivity index (χ3v) is 5.88. The van der Waals surface area contributed by atoms with Crippen LogP contribution >= 0.6 is 11.3 Å². The summed E-state index contributed by atoms with van der Waals surface area (Å²) in [4.78, 5) is 0.990. The highest BCUT2D eigenvalue weighted by Crippen LogP contribution is 2.26. The zero-order valence-corrected chi connectivity index (χ0v) is 14.2. The lowest BCUT2D eigenvalue weighted by Crippen LogP contribution is -2.21. The molecule has 0 unspecified atom stereocenters. The van der Waals surface area contributed by atoms with E-state index in [1.807, 2.05) is 6.07 Å². The van der Waals surface area contributed by atoms with Crippen LogP contribution in [0.1, 0.15) is 30.1 Å². The minimum Gasteiger partial charge on any atom is -0.310 e. The molecule has 2 aromatic heterocycles. The maximum atomic E-state index is 12.4. The molecule has 0 aliphatic rings. The Morgan fingerprint density at radius 2 is 2.05 bits per heavy atom. The van der Waals surface area contributed by atoms with E-state index in [1.165, 1.54) is 11.3 Å². The summed E-state index contributed by atoms with van der Waals surface area (Å²) in [6.45, 7) is 8.31. The molecule has 21 heavy (non-hydrogen) atoms. The molecule has 0 radical (unpaired) electrons. The average Bonchev–Trinajstić information content (AvgIpc) is 2.99. The summed E-state index contributed by atoms with van der Waals surface area (Å²) in [5.41, 5.74) is 1.86. The first-order valence-electron chi connectivity index (χ1n) is 6.66. The summed E-state index contributed by atoms with van der Waals surface area (Å²) >= 11 is 1.27. The zero-order valence-electron chi connectivity index (χ0n) is 12.5. The molecule has 0 fully saturated rings. The minimum atomic E-state index is -3.57. The van der Waals surface area contributed by atoms with Crippen LogP contribution in [0.25, 0.3) is 0 Å². The maximum Gasteiger partial charge on any atom is 0.271 e. The van der Waals surface area contributed by atoms with E-state index in [9.17, 15) is 8.42 Å². The first-order valence-corrected chi connectivity index (χ1v) is 8.96. The van der Waals surface area contributed by atoms with Gasteiger partial charge in [-0.3, -0.25) is 9.82 Å². The Labute approximate surface area is 129 Å². The van der Waals surface area contributed by atoms with E-state index in [0.717, 1.165) is 4.88 Å². The van der Waals surface area contributed by atoms with Crippen LogP contribution in [0.15, 0.2) is 16.3 Å². The number of aromatic amines is 1. The second-order valence-electron chi connectivity index (χ2n) is 5.17. The summed E-state index contributed by atoms with van der Waals surface area (Å²) in [5.74, 6) is 0. The SMILES string of the molecule is Cc1n[nH]c(C)c1NS(=O)(=O)c1ccc(CNC(C)C)s1.